The van der Waals surface area contributed by atoms with Crippen LogP contribution in [0.25, 0.3) is 0 Å². The minimum Gasteiger partial charge on any atom is -0.484 e. The molecule has 8 heteroatoms. The summed E-state index contributed by atoms with van der Waals surface area (Å²) in [5.74, 6) is -1.04. The number of rotatable bonds is 8. The Bertz CT molecular complexity index is 823. The summed E-state index contributed by atoms with van der Waals surface area (Å²) in [6.45, 7) is 1.58. The summed E-state index contributed by atoms with van der Waals surface area (Å²) in [5.41, 5.74) is 3.09. The molecule has 134 valence electrons. The predicted octanol–water partition coefficient (Wildman–Crippen LogP) is 2.17. The van der Waals surface area contributed by atoms with Crippen LogP contribution >= 0.6 is 0 Å². The molecule has 0 unspecified atom stereocenters. The number of hydrogen-bond donors (Lipinski definition) is 2. The molecule has 2 aromatic rings. The van der Waals surface area contributed by atoms with Gasteiger partial charge in [0.25, 0.3) is 15.9 Å². The lowest BCUT2D eigenvalue weighted by Crippen LogP contribution is -2.43. The van der Waals surface area contributed by atoms with E-state index in [4.69, 9.17) is 4.74 Å². The fourth-order valence-electron chi connectivity index (χ4n) is 2.05. The Morgan fingerprint density at radius 2 is 1.88 bits per heavy atom. The molecule has 2 N–H and O–H groups in total. The zero-order chi connectivity index (χ0) is 18.3. The molecule has 0 aliphatic heterocycles. The van der Waals surface area contributed by atoms with Crippen molar-refractivity contribution in [2.45, 2.75) is 24.7 Å². The van der Waals surface area contributed by atoms with Gasteiger partial charge in [-0.2, -0.15) is 0 Å². The van der Waals surface area contributed by atoms with E-state index < -0.39 is 28.4 Å². The van der Waals surface area contributed by atoms with E-state index in [0.717, 1.165) is 24.5 Å². The molecule has 25 heavy (non-hydrogen) atoms. The molecular formula is C17H19FN2O4S. The number of amides is 1. The summed E-state index contributed by atoms with van der Waals surface area (Å²) in [6.07, 6.45) is 1.83. The van der Waals surface area contributed by atoms with Crippen LogP contribution in [-0.4, -0.2) is 20.9 Å². The number of carbonyl (C=O) groups is 1. The van der Waals surface area contributed by atoms with Crippen molar-refractivity contribution in [1.29, 1.82) is 0 Å². The van der Waals surface area contributed by atoms with Gasteiger partial charge in [-0.05, 0) is 36.2 Å². The van der Waals surface area contributed by atoms with Gasteiger partial charge in [0.2, 0.25) is 0 Å². The van der Waals surface area contributed by atoms with Crippen molar-refractivity contribution in [1.82, 2.24) is 10.3 Å². The molecule has 0 saturated carbocycles. The first-order valence-electron chi connectivity index (χ1n) is 7.68. The van der Waals surface area contributed by atoms with Crippen LogP contribution < -0.4 is 15.0 Å². The van der Waals surface area contributed by atoms with Crippen molar-refractivity contribution in [2.75, 3.05) is 6.61 Å². The fourth-order valence-corrected chi connectivity index (χ4v) is 2.91. The molecule has 0 aromatic heterocycles. The second-order valence-electron chi connectivity index (χ2n) is 5.29. The first-order valence-corrected chi connectivity index (χ1v) is 9.17. The molecule has 2 aromatic carbocycles. The topological polar surface area (TPSA) is 84.5 Å². The largest absolute Gasteiger partial charge is 0.484 e. The van der Waals surface area contributed by atoms with Crippen LogP contribution in [0.2, 0.25) is 0 Å². The fraction of sp³-hybridized carbons (Fsp3) is 0.235. The van der Waals surface area contributed by atoms with E-state index >= 15 is 0 Å². The number of halogens is 1. The molecule has 6 nitrogen and oxygen atoms in total. The minimum atomic E-state index is -3.87. The van der Waals surface area contributed by atoms with Crippen LogP contribution in [-0.2, 0) is 21.2 Å². The van der Waals surface area contributed by atoms with E-state index in [2.05, 4.69) is 5.43 Å². The monoisotopic (exact) mass is 366 g/mol. The minimum absolute atomic E-state index is 0.0405. The molecule has 2 rings (SSSR count). The summed E-state index contributed by atoms with van der Waals surface area (Å²) in [4.78, 5) is 13.7. The molecule has 1 amide bonds. The van der Waals surface area contributed by atoms with E-state index in [1.165, 1.54) is 30.3 Å². The first kappa shape index (κ1) is 18.9. The maximum absolute atomic E-state index is 13.0. The Balaban J connectivity index is 1.87. The van der Waals surface area contributed by atoms with Gasteiger partial charge in [-0.25, -0.2) is 12.8 Å². The lowest BCUT2D eigenvalue weighted by Gasteiger charge is -2.10. The Labute approximate surface area is 146 Å². The van der Waals surface area contributed by atoms with Crippen LogP contribution in [0.15, 0.2) is 53.4 Å². The van der Waals surface area contributed by atoms with Crippen LogP contribution in [0.3, 0.4) is 0 Å². The number of hydrazine groups is 1. The van der Waals surface area contributed by atoms with Gasteiger partial charge in [0.15, 0.2) is 6.61 Å². The Hall–Kier alpha value is -2.45. The van der Waals surface area contributed by atoms with Crippen molar-refractivity contribution in [3.05, 3.63) is 59.9 Å². The molecule has 0 radical (unpaired) electrons. The zero-order valence-corrected chi connectivity index (χ0v) is 14.5. The summed E-state index contributed by atoms with van der Waals surface area (Å²) in [5, 5.41) is 0. The smallest absolute Gasteiger partial charge is 0.272 e. The Morgan fingerprint density at radius 1 is 1.16 bits per heavy atom. The summed E-state index contributed by atoms with van der Waals surface area (Å²) < 4.78 is 42.3. The molecule has 0 aliphatic rings. The normalized spacial score (nSPS) is 11.1. The van der Waals surface area contributed by atoms with Crippen LogP contribution in [0, 0.1) is 5.82 Å². The van der Waals surface area contributed by atoms with Gasteiger partial charge < -0.3 is 4.74 Å². The van der Waals surface area contributed by atoms with E-state index in [0.29, 0.717) is 0 Å². The van der Waals surface area contributed by atoms with Crippen LogP contribution in [0.1, 0.15) is 18.9 Å². The lowest BCUT2D eigenvalue weighted by molar-refractivity contribution is -0.123. The molecular weight excluding hydrogens is 347 g/mol. The highest BCUT2D eigenvalue weighted by Gasteiger charge is 2.15. The van der Waals surface area contributed by atoms with Gasteiger partial charge in [-0.15, -0.1) is 4.83 Å². The number of benzene rings is 2. The highest BCUT2D eigenvalue weighted by molar-refractivity contribution is 7.89. The molecule has 0 heterocycles. The van der Waals surface area contributed by atoms with Crippen molar-refractivity contribution in [3.8, 4) is 5.75 Å². The number of nitrogens with one attached hydrogen (secondary N) is 2. The number of sulfonamides is 1. The number of ether oxygens (including phenoxy) is 1. The number of aryl methyl sites for hydroxylation is 1. The van der Waals surface area contributed by atoms with E-state index in [9.17, 15) is 17.6 Å². The van der Waals surface area contributed by atoms with Gasteiger partial charge >= 0.3 is 0 Å². The molecule has 0 fully saturated rings. The maximum atomic E-state index is 13.0. The Morgan fingerprint density at radius 3 is 2.52 bits per heavy atom. The van der Waals surface area contributed by atoms with Gasteiger partial charge in [0, 0.05) is 6.07 Å². The average molecular weight is 366 g/mol. The van der Waals surface area contributed by atoms with Gasteiger partial charge in [-0.3, -0.25) is 10.2 Å². The molecule has 0 spiro atoms. The van der Waals surface area contributed by atoms with Crippen molar-refractivity contribution >= 4 is 15.9 Å². The maximum Gasteiger partial charge on any atom is 0.272 e. The first-order chi connectivity index (χ1) is 11.9. The summed E-state index contributed by atoms with van der Waals surface area (Å²) >= 11 is 0. The molecule has 0 bridgehead atoms. The quantitative estimate of drug-likeness (QED) is 0.701. The van der Waals surface area contributed by atoms with Crippen molar-refractivity contribution in [2.24, 2.45) is 0 Å². The van der Waals surface area contributed by atoms with Gasteiger partial charge in [-0.1, -0.05) is 31.5 Å². The van der Waals surface area contributed by atoms with E-state index in [1.54, 1.807) is 12.1 Å². The third kappa shape index (κ3) is 5.84. The van der Waals surface area contributed by atoms with Gasteiger partial charge in [0.1, 0.15) is 11.6 Å². The third-order valence-electron chi connectivity index (χ3n) is 3.26. The van der Waals surface area contributed by atoms with Gasteiger partial charge in [0.05, 0.1) is 4.90 Å². The number of hydrogen-bond acceptors (Lipinski definition) is 4. The van der Waals surface area contributed by atoms with Crippen LogP contribution in [0.5, 0.6) is 5.75 Å². The average Bonchev–Trinajstić information content (AvgIpc) is 2.59. The lowest BCUT2D eigenvalue weighted by atomic mass is 10.1. The van der Waals surface area contributed by atoms with E-state index in [1.807, 2.05) is 11.8 Å². The highest BCUT2D eigenvalue weighted by atomic mass is 32.2. The Kier molecular flexibility index (Phi) is 6.49. The highest BCUT2D eigenvalue weighted by Crippen LogP contribution is 2.12. The van der Waals surface area contributed by atoms with Crippen molar-refractivity contribution < 1.29 is 22.3 Å². The van der Waals surface area contributed by atoms with Crippen molar-refractivity contribution in [3.63, 3.8) is 0 Å². The molecule has 0 saturated heterocycles. The zero-order valence-electron chi connectivity index (χ0n) is 13.7. The summed E-state index contributed by atoms with van der Waals surface area (Å²) in [7, 11) is -3.87. The summed E-state index contributed by atoms with van der Waals surface area (Å²) in [6, 6.07) is 11.7. The van der Waals surface area contributed by atoms with E-state index in [-0.39, 0.29) is 10.6 Å². The number of carbonyl (C=O) groups excluding carboxylic acids is 1. The third-order valence-corrected chi connectivity index (χ3v) is 4.53. The van der Waals surface area contributed by atoms with Crippen LogP contribution in [0.4, 0.5) is 4.39 Å². The molecule has 0 atom stereocenters. The predicted molar refractivity (Wildman–Crippen MR) is 90.8 cm³/mol. The molecule has 0 aliphatic carbocycles. The second-order valence-corrected chi connectivity index (χ2v) is 6.98. The standard InChI is InChI=1S/C17H19FN2O4S/c1-2-4-13-7-9-16(10-8-13)25(22,23)20-19-17(21)12-24-15-6-3-5-14(18)11-15/h3,5-11,20H,2,4,12H2,1H3,(H,19,21). The second kappa shape index (κ2) is 8.59. The SMILES string of the molecule is CCCc1ccc(S(=O)(=O)NNC(=O)COc2cccc(F)c2)cc1.